The summed E-state index contributed by atoms with van der Waals surface area (Å²) in [5.74, 6) is -0.100. The third kappa shape index (κ3) is 5.11. The van der Waals surface area contributed by atoms with E-state index in [4.69, 9.17) is 4.74 Å². The van der Waals surface area contributed by atoms with Gasteiger partial charge in [0.25, 0.3) is 0 Å². The Morgan fingerprint density at radius 3 is 3.10 bits per heavy atom. The van der Waals surface area contributed by atoms with Crippen LogP contribution < -0.4 is 15.4 Å². The number of hydrogen-bond acceptors (Lipinski definition) is 4. The highest BCUT2D eigenvalue weighted by atomic mass is 19.1. The Balaban J connectivity index is 1.67. The van der Waals surface area contributed by atoms with E-state index in [9.17, 15) is 14.3 Å². The van der Waals surface area contributed by atoms with E-state index in [0.29, 0.717) is 11.4 Å². The number of urea groups is 1. The molecule has 0 aliphatic carbocycles. The van der Waals surface area contributed by atoms with Gasteiger partial charge in [0.15, 0.2) is 0 Å². The maximum Gasteiger partial charge on any atom is 0.319 e. The van der Waals surface area contributed by atoms with Crippen molar-refractivity contribution >= 4 is 11.7 Å². The lowest BCUT2D eigenvalue weighted by Crippen LogP contribution is -2.37. The van der Waals surface area contributed by atoms with Crippen LogP contribution in [0.1, 0.15) is 0 Å². The number of anilines is 1. The Morgan fingerprint density at radius 1 is 1.52 bits per heavy atom. The molecule has 1 unspecified atom stereocenters. The van der Waals surface area contributed by atoms with Crippen LogP contribution in [0.2, 0.25) is 0 Å². The van der Waals surface area contributed by atoms with Crippen LogP contribution in [0, 0.1) is 5.82 Å². The number of aliphatic hydroxyl groups is 1. The molecule has 112 valence electrons. The van der Waals surface area contributed by atoms with Crippen molar-refractivity contribution < 1.29 is 19.0 Å². The number of ether oxygens (including phenoxy) is 1. The molecular formula is C13H15FN4O3. The summed E-state index contributed by atoms with van der Waals surface area (Å²) in [6.45, 7) is -0.0611. The normalized spacial score (nSPS) is 11.7. The Hall–Kier alpha value is -2.61. The summed E-state index contributed by atoms with van der Waals surface area (Å²) in [7, 11) is 0. The molecule has 2 rings (SSSR count). The van der Waals surface area contributed by atoms with Crippen molar-refractivity contribution in [2.24, 2.45) is 0 Å². The molecule has 0 radical (unpaired) electrons. The summed E-state index contributed by atoms with van der Waals surface area (Å²) in [4.78, 5) is 11.5. The molecule has 21 heavy (non-hydrogen) atoms. The van der Waals surface area contributed by atoms with Crippen molar-refractivity contribution in [2.45, 2.75) is 6.10 Å². The van der Waals surface area contributed by atoms with Gasteiger partial charge in [0.2, 0.25) is 0 Å². The maximum absolute atomic E-state index is 12.9. The highest BCUT2D eigenvalue weighted by Gasteiger charge is 2.08. The van der Waals surface area contributed by atoms with E-state index in [2.05, 4.69) is 20.8 Å². The summed E-state index contributed by atoms with van der Waals surface area (Å²) in [6, 6.07) is 5.13. The first-order valence-electron chi connectivity index (χ1n) is 6.23. The third-order valence-electron chi connectivity index (χ3n) is 2.49. The van der Waals surface area contributed by atoms with E-state index in [1.807, 2.05) is 0 Å². The number of aliphatic hydroxyl groups excluding tert-OH is 1. The van der Waals surface area contributed by atoms with Crippen LogP contribution in [0.5, 0.6) is 5.75 Å². The fraction of sp³-hybridized carbons (Fsp3) is 0.231. The third-order valence-corrected chi connectivity index (χ3v) is 2.49. The lowest BCUT2D eigenvalue weighted by Gasteiger charge is -2.13. The van der Waals surface area contributed by atoms with Gasteiger partial charge in [0, 0.05) is 18.8 Å². The Kier molecular flexibility index (Phi) is 5.10. The molecule has 1 atom stereocenters. The van der Waals surface area contributed by atoms with Crippen LogP contribution in [0.15, 0.2) is 36.7 Å². The number of H-pyrrole nitrogens is 1. The molecular weight excluding hydrogens is 279 g/mol. The van der Waals surface area contributed by atoms with E-state index in [1.165, 1.54) is 30.6 Å². The van der Waals surface area contributed by atoms with Crippen molar-refractivity contribution in [1.82, 2.24) is 15.5 Å². The van der Waals surface area contributed by atoms with E-state index in [0.717, 1.165) is 0 Å². The molecule has 2 aromatic rings. The highest BCUT2D eigenvalue weighted by molar-refractivity contribution is 5.88. The second kappa shape index (κ2) is 7.25. The molecule has 0 spiro atoms. The molecule has 0 aliphatic heterocycles. The smallest absolute Gasteiger partial charge is 0.319 e. The molecule has 1 aromatic carbocycles. The molecule has 1 heterocycles. The average Bonchev–Trinajstić information content (AvgIpc) is 2.96. The second-order valence-corrected chi connectivity index (χ2v) is 4.24. The van der Waals surface area contributed by atoms with Crippen LogP contribution in [-0.4, -0.2) is 40.6 Å². The van der Waals surface area contributed by atoms with Crippen molar-refractivity contribution in [1.29, 1.82) is 0 Å². The highest BCUT2D eigenvalue weighted by Crippen LogP contribution is 2.11. The van der Waals surface area contributed by atoms with Crippen molar-refractivity contribution in [3.8, 4) is 5.75 Å². The summed E-state index contributed by atoms with van der Waals surface area (Å²) in [5.41, 5.74) is 0.512. The van der Waals surface area contributed by atoms with Crippen LogP contribution in [-0.2, 0) is 0 Å². The first kappa shape index (κ1) is 14.8. The van der Waals surface area contributed by atoms with E-state index < -0.39 is 18.0 Å². The second-order valence-electron chi connectivity index (χ2n) is 4.24. The largest absolute Gasteiger partial charge is 0.491 e. The average molecular weight is 294 g/mol. The zero-order valence-corrected chi connectivity index (χ0v) is 11.0. The monoisotopic (exact) mass is 294 g/mol. The number of benzene rings is 1. The number of carbonyl (C=O) groups excluding carboxylic acids is 1. The standard InChI is InChI=1S/C13H15FN4O3/c14-9-2-1-3-12(4-9)21-8-11(19)7-15-13(20)18-10-5-16-17-6-10/h1-6,11,19H,7-8H2,(H,16,17)(H2,15,18,20). The minimum absolute atomic E-state index is 0.000992. The van der Waals surface area contributed by atoms with Gasteiger partial charge in [-0.1, -0.05) is 6.07 Å². The number of nitrogens with zero attached hydrogens (tertiary/aromatic N) is 1. The summed E-state index contributed by atoms with van der Waals surface area (Å²) >= 11 is 0. The van der Waals surface area contributed by atoms with E-state index in [1.54, 1.807) is 6.07 Å². The number of hydrogen-bond donors (Lipinski definition) is 4. The molecule has 0 bridgehead atoms. The zero-order chi connectivity index (χ0) is 15.1. The van der Waals surface area contributed by atoms with Gasteiger partial charge in [-0.15, -0.1) is 0 Å². The molecule has 4 N–H and O–H groups in total. The van der Waals surface area contributed by atoms with Gasteiger partial charge in [-0.2, -0.15) is 5.10 Å². The molecule has 8 heteroatoms. The molecule has 0 fully saturated rings. The van der Waals surface area contributed by atoms with Gasteiger partial charge in [0.1, 0.15) is 24.3 Å². The van der Waals surface area contributed by atoms with Crippen LogP contribution in [0.4, 0.5) is 14.9 Å². The Morgan fingerprint density at radius 2 is 2.38 bits per heavy atom. The molecule has 0 aliphatic rings. The minimum Gasteiger partial charge on any atom is -0.491 e. The van der Waals surface area contributed by atoms with Crippen molar-refractivity contribution in [3.63, 3.8) is 0 Å². The number of rotatable bonds is 6. The summed E-state index contributed by atoms with van der Waals surface area (Å²) in [6.07, 6.45) is 2.05. The van der Waals surface area contributed by atoms with Gasteiger partial charge in [-0.25, -0.2) is 9.18 Å². The summed E-state index contributed by atoms with van der Waals surface area (Å²) < 4.78 is 18.1. The van der Waals surface area contributed by atoms with Crippen molar-refractivity contribution in [3.05, 3.63) is 42.5 Å². The number of halogens is 1. The molecule has 1 aromatic heterocycles. The quantitative estimate of drug-likeness (QED) is 0.641. The van der Waals surface area contributed by atoms with Crippen LogP contribution >= 0.6 is 0 Å². The van der Waals surface area contributed by atoms with E-state index >= 15 is 0 Å². The first-order valence-corrected chi connectivity index (χ1v) is 6.23. The number of nitrogens with one attached hydrogen (secondary N) is 3. The van der Waals surface area contributed by atoms with Gasteiger partial charge in [0.05, 0.1) is 11.9 Å². The van der Waals surface area contributed by atoms with E-state index in [-0.39, 0.29) is 13.2 Å². The fourth-order valence-electron chi connectivity index (χ4n) is 1.51. The topological polar surface area (TPSA) is 99.3 Å². The number of amides is 2. The molecule has 7 nitrogen and oxygen atoms in total. The fourth-order valence-corrected chi connectivity index (χ4v) is 1.51. The number of aromatic nitrogens is 2. The van der Waals surface area contributed by atoms with Crippen LogP contribution in [0.3, 0.4) is 0 Å². The van der Waals surface area contributed by atoms with Gasteiger partial charge in [-0.05, 0) is 12.1 Å². The predicted octanol–water partition coefficient (Wildman–Crippen LogP) is 1.11. The lowest BCUT2D eigenvalue weighted by atomic mass is 10.3. The van der Waals surface area contributed by atoms with Gasteiger partial charge in [-0.3, -0.25) is 5.10 Å². The summed E-state index contributed by atoms with van der Waals surface area (Å²) in [5, 5.41) is 20.9. The lowest BCUT2D eigenvalue weighted by molar-refractivity contribution is 0.108. The minimum atomic E-state index is -0.914. The van der Waals surface area contributed by atoms with Gasteiger partial charge < -0.3 is 20.5 Å². The van der Waals surface area contributed by atoms with Crippen LogP contribution in [0.25, 0.3) is 0 Å². The zero-order valence-electron chi connectivity index (χ0n) is 11.0. The Labute approximate surface area is 120 Å². The molecule has 0 saturated carbocycles. The first-order chi connectivity index (χ1) is 10.1. The number of carbonyl (C=O) groups is 1. The number of aromatic amines is 1. The SMILES string of the molecule is O=C(NCC(O)COc1cccc(F)c1)Nc1cn[nH]c1. The van der Waals surface area contributed by atoms with Crippen molar-refractivity contribution in [2.75, 3.05) is 18.5 Å². The molecule has 2 amide bonds. The van der Waals surface area contributed by atoms with Gasteiger partial charge >= 0.3 is 6.03 Å². The predicted molar refractivity (Wildman–Crippen MR) is 73.5 cm³/mol. The Bertz CT molecular complexity index is 577. The molecule has 0 saturated heterocycles. The maximum atomic E-state index is 12.9.